The summed E-state index contributed by atoms with van der Waals surface area (Å²) in [7, 11) is 0. The number of Topliss-reactive ketones (excluding diaryl/α,β-unsaturated/α-hetero) is 1. The Hall–Kier alpha value is -2.89. The number of carbonyl (C=O) groups excluding carboxylic acids is 2. The lowest BCUT2D eigenvalue weighted by molar-refractivity contribution is -0.110. The van der Waals surface area contributed by atoms with E-state index in [0.29, 0.717) is 17.6 Å². The Balaban J connectivity index is 1.71. The van der Waals surface area contributed by atoms with Crippen molar-refractivity contribution in [3.8, 4) is 0 Å². The lowest BCUT2D eigenvalue weighted by Crippen LogP contribution is -2.10. The molecule has 1 fully saturated rings. The molecule has 0 unspecified atom stereocenters. The molecule has 1 saturated carbocycles. The van der Waals surface area contributed by atoms with E-state index in [4.69, 9.17) is 0 Å². The fourth-order valence-electron chi connectivity index (χ4n) is 3.39. The van der Waals surface area contributed by atoms with Gasteiger partial charge in [-0.2, -0.15) is 5.10 Å². The van der Waals surface area contributed by atoms with Crippen molar-refractivity contribution >= 4 is 28.6 Å². The van der Waals surface area contributed by atoms with E-state index in [1.165, 1.54) is 0 Å². The van der Waals surface area contributed by atoms with Crippen LogP contribution in [0, 0.1) is 5.92 Å². The molecule has 0 radical (unpaired) electrons. The Labute approximate surface area is 158 Å². The van der Waals surface area contributed by atoms with Crippen LogP contribution in [0.4, 0.5) is 11.4 Å². The van der Waals surface area contributed by atoms with E-state index in [1.807, 2.05) is 36.0 Å². The molecule has 1 aliphatic carbocycles. The van der Waals surface area contributed by atoms with Crippen LogP contribution in [0.5, 0.6) is 0 Å². The van der Waals surface area contributed by atoms with Crippen LogP contribution >= 0.6 is 0 Å². The smallest absolute Gasteiger partial charge is 0.258 e. The van der Waals surface area contributed by atoms with Crippen molar-refractivity contribution in [3.63, 3.8) is 0 Å². The molecular formula is C21H24N4O2. The van der Waals surface area contributed by atoms with Gasteiger partial charge in [0.25, 0.3) is 5.91 Å². The minimum Gasteiger partial charge on any atom is -0.356 e. The largest absolute Gasteiger partial charge is 0.356 e. The Morgan fingerprint density at radius 2 is 2.15 bits per heavy atom. The maximum atomic E-state index is 12.6. The molecular weight excluding hydrogens is 340 g/mol. The van der Waals surface area contributed by atoms with E-state index < -0.39 is 0 Å². The summed E-state index contributed by atoms with van der Waals surface area (Å²) in [4.78, 5) is 25.1. The molecule has 4 rings (SSSR count). The first-order valence-electron chi connectivity index (χ1n) is 9.52. The lowest BCUT2D eigenvalue weighted by atomic mass is 9.98. The first-order valence-corrected chi connectivity index (χ1v) is 9.52. The van der Waals surface area contributed by atoms with Gasteiger partial charge in [-0.1, -0.05) is 6.92 Å². The van der Waals surface area contributed by atoms with Gasteiger partial charge in [0.15, 0.2) is 5.78 Å². The van der Waals surface area contributed by atoms with Crippen molar-refractivity contribution in [1.82, 2.24) is 9.78 Å². The molecule has 2 N–H and O–H groups in total. The zero-order chi connectivity index (χ0) is 19.1. The van der Waals surface area contributed by atoms with Crippen LogP contribution in [0.1, 0.15) is 62.0 Å². The number of amides is 1. The quantitative estimate of drug-likeness (QED) is 0.594. The minimum atomic E-state index is -0.137. The van der Waals surface area contributed by atoms with Gasteiger partial charge in [0.1, 0.15) is 0 Å². The summed E-state index contributed by atoms with van der Waals surface area (Å²) in [5.74, 6) is 0.202. The number of aromatic nitrogens is 2. The number of allylic oxidation sites excluding steroid dienone is 1. The van der Waals surface area contributed by atoms with Gasteiger partial charge in [-0.3, -0.25) is 14.3 Å². The van der Waals surface area contributed by atoms with Gasteiger partial charge in [0.05, 0.1) is 17.5 Å². The average Bonchev–Trinajstić information content (AvgIpc) is 3.30. The van der Waals surface area contributed by atoms with E-state index >= 15 is 0 Å². The summed E-state index contributed by atoms with van der Waals surface area (Å²) in [6.07, 6.45) is 6.30. The van der Waals surface area contributed by atoms with Crippen LogP contribution < -0.4 is 10.6 Å². The third-order valence-electron chi connectivity index (χ3n) is 5.08. The standard InChI is InChI=1S/C21H24N4O2/c1-4-17(23-15-10-22-25(11-15)12(2)3)19-16-9-14(20(26)13-5-6-13)7-8-18(16)24-21(19)27/h7-13,23H,4-6H2,1-3H3,(H,24,27). The molecule has 0 bridgehead atoms. The van der Waals surface area contributed by atoms with Crippen molar-refractivity contribution in [3.05, 3.63) is 47.4 Å². The average molecular weight is 364 g/mol. The number of carbonyl (C=O) groups is 2. The van der Waals surface area contributed by atoms with E-state index in [2.05, 4.69) is 29.6 Å². The number of hydrogen-bond acceptors (Lipinski definition) is 4. The van der Waals surface area contributed by atoms with Gasteiger partial charge < -0.3 is 10.6 Å². The van der Waals surface area contributed by atoms with Gasteiger partial charge in [0.2, 0.25) is 0 Å². The highest BCUT2D eigenvalue weighted by molar-refractivity contribution is 6.32. The van der Waals surface area contributed by atoms with Crippen molar-refractivity contribution in [2.24, 2.45) is 5.92 Å². The maximum absolute atomic E-state index is 12.6. The fraction of sp³-hybridized carbons (Fsp3) is 0.381. The number of rotatable bonds is 6. The molecule has 6 heteroatoms. The predicted octanol–water partition coefficient (Wildman–Crippen LogP) is 4.24. The molecule has 140 valence electrons. The molecule has 1 aliphatic heterocycles. The SMILES string of the molecule is CCC(Nc1cnn(C(C)C)c1)=C1C(=O)Nc2ccc(C(=O)C3CC3)cc21. The molecule has 0 atom stereocenters. The zero-order valence-electron chi connectivity index (χ0n) is 15.9. The van der Waals surface area contributed by atoms with Gasteiger partial charge in [-0.25, -0.2) is 0 Å². The molecule has 0 saturated heterocycles. The Bertz CT molecular complexity index is 951. The zero-order valence-corrected chi connectivity index (χ0v) is 15.9. The second-order valence-corrected chi connectivity index (χ2v) is 7.49. The summed E-state index contributed by atoms with van der Waals surface area (Å²) in [6, 6.07) is 5.77. The first-order chi connectivity index (χ1) is 13.0. The Morgan fingerprint density at radius 3 is 2.78 bits per heavy atom. The summed E-state index contributed by atoms with van der Waals surface area (Å²) < 4.78 is 1.87. The molecule has 2 heterocycles. The van der Waals surface area contributed by atoms with Crippen molar-refractivity contribution in [2.45, 2.75) is 46.1 Å². The molecule has 2 aromatic rings. The van der Waals surface area contributed by atoms with Crippen LogP contribution in [-0.2, 0) is 4.79 Å². The van der Waals surface area contributed by atoms with Gasteiger partial charge in [0, 0.05) is 40.7 Å². The molecule has 0 spiro atoms. The predicted molar refractivity (Wildman–Crippen MR) is 106 cm³/mol. The summed E-state index contributed by atoms with van der Waals surface area (Å²) >= 11 is 0. The second kappa shape index (κ2) is 6.68. The first kappa shape index (κ1) is 17.5. The van der Waals surface area contributed by atoms with Crippen LogP contribution in [0.15, 0.2) is 36.3 Å². The summed E-state index contributed by atoms with van der Waals surface area (Å²) in [6.45, 7) is 6.14. The normalized spacial score (nSPS) is 17.7. The molecule has 1 aromatic heterocycles. The van der Waals surface area contributed by atoms with Crippen LogP contribution in [0.25, 0.3) is 5.57 Å². The maximum Gasteiger partial charge on any atom is 0.258 e. The monoisotopic (exact) mass is 364 g/mol. The molecule has 2 aliphatic rings. The number of fused-ring (bicyclic) bond motifs is 1. The molecule has 1 aromatic carbocycles. The summed E-state index contributed by atoms with van der Waals surface area (Å²) in [5, 5.41) is 10.6. The lowest BCUT2D eigenvalue weighted by Gasteiger charge is -2.11. The van der Waals surface area contributed by atoms with Gasteiger partial charge >= 0.3 is 0 Å². The highest BCUT2D eigenvalue weighted by Crippen LogP contribution is 2.38. The number of benzene rings is 1. The van der Waals surface area contributed by atoms with Gasteiger partial charge in [-0.15, -0.1) is 0 Å². The van der Waals surface area contributed by atoms with E-state index in [0.717, 1.165) is 35.5 Å². The Kier molecular flexibility index (Phi) is 4.34. The summed E-state index contributed by atoms with van der Waals surface area (Å²) in [5.41, 5.74) is 4.52. The number of nitrogens with zero attached hydrogens (tertiary/aromatic N) is 2. The van der Waals surface area contributed by atoms with E-state index in [9.17, 15) is 9.59 Å². The van der Waals surface area contributed by atoms with Gasteiger partial charge in [-0.05, 0) is 51.3 Å². The third-order valence-corrected chi connectivity index (χ3v) is 5.08. The van der Waals surface area contributed by atoms with Crippen LogP contribution in [0.2, 0.25) is 0 Å². The van der Waals surface area contributed by atoms with E-state index in [1.54, 1.807) is 6.20 Å². The number of nitrogens with one attached hydrogen (secondary N) is 2. The molecule has 1 amide bonds. The molecule has 27 heavy (non-hydrogen) atoms. The van der Waals surface area contributed by atoms with Crippen LogP contribution in [-0.4, -0.2) is 21.5 Å². The highest BCUT2D eigenvalue weighted by atomic mass is 16.2. The van der Waals surface area contributed by atoms with Crippen molar-refractivity contribution in [1.29, 1.82) is 0 Å². The number of ketones is 1. The Morgan fingerprint density at radius 1 is 1.37 bits per heavy atom. The number of hydrogen-bond donors (Lipinski definition) is 2. The molecule has 6 nitrogen and oxygen atoms in total. The van der Waals surface area contributed by atoms with E-state index in [-0.39, 0.29) is 23.7 Å². The van der Waals surface area contributed by atoms with Crippen LogP contribution in [0.3, 0.4) is 0 Å². The topological polar surface area (TPSA) is 76.0 Å². The number of anilines is 2. The second-order valence-electron chi connectivity index (χ2n) is 7.49. The third kappa shape index (κ3) is 3.27. The fourth-order valence-corrected chi connectivity index (χ4v) is 3.39. The highest BCUT2D eigenvalue weighted by Gasteiger charge is 2.33. The van der Waals surface area contributed by atoms with Crippen molar-refractivity contribution in [2.75, 3.05) is 10.6 Å². The van der Waals surface area contributed by atoms with Crippen molar-refractivity contribution < 1.29 is 9.59 Å². The minimum absolute atomic E-state index is 0.137.